The summed E-state index contributed by atoms with van der Waals surface area (Å²) >= 11 is 5.97. The van der Waals surface area contributed by atoms with Crippen molar-refractivity contribution in [2.24, 2.45) is 0 Å². The van der Waals surface area contributed by atoms with Crippen molar-refractivity contribution in [3.05, 3.63) is 34.3 Å². The molecular weight excluding hydrogens is 278 g/mol. The van der Waals surface area contributed by atoms with E-state index in [4.69, 9.17) is 16.3 Å². The molecular formula is C15H20ClNO3. The van der Waals surface area contributed by atoms with Crippen LogP contribution in [0.5, 0.6) is 0 Å². The second-order valence-corrected chi connectivity index (χ2v) is 6.05. The van der Waals surface area contributed by atoms with Crippen LogP contribution in [0.15, 0.2) is 18.2 Å². The average molecular weight is 298 g/mol. The van der Waals surface area contributed by atoms with Gasteiger partial charge in [0, 0.05) is 10.6 Å². The second-order valence-electron chi connectivity index (χ2n) is 5.64. The fourth-order valence-corrected chi connectivity index (χ4v) is 1.75. The molecule has 0 heterocycles. The Labute approximate surface area is 124 Å². The summed E-state index contributed by atoms with van der Waals surface area (Å²) in [6.07, 6.45) is 0. The van der Waals surface area contributed by atoms with Crippen molar-refractivity contribution in [2.45, 2.75) is 46.3 Å². The van der Waals surface area contributed by atoms with Gasteiger partial charge in [0.2, 0.25) is 0 Å². The van der Waals surface area contributed by atoms with Gasteiger partial charge < -0.3 is 10.1 Å². The maximum absolute atomic E-state index is 12.1. The molecule has 0 radical (unpaired) electrons. The maximum atomic E-state index is 12.1. The molecule has 1 amide bonds. The Hall–Kier alpha value is -1.55. The molecule has 1 rings (SSSR count). The van der Waals surface area contributed by atoms with Gasteiger partial charge in [-0.05, 0) is 52.3 Å². The molecule has 5 heteroatoms. The molecule has 0 fully saturated rings. The normalized spacial score (nSPS) is 12.7. The molecule has 1 aromatic rings. The van der Waals surface area contributed by atoms with E-state index in [0.717, 1.165) is 0 Å². The van der Waals surface area contributed by atoms with Crippen LogP contribution < -0.4 is 5.32 Å². The summed E-state index contributed by atoms with van der Waals surface area (Å²) in [4.78, 5) is 23.9. The monoisotopic (exact) mass is 297 g/mol. The Morgan fingerprint density at radius 3 is 2.45 bits per heavy atom. The average Bonchev–Trinajstić information content (AvgIpc) is 2.30. The lowest BCUT2D eigenvalue weighted by atomic mass is 10.1. The Balaban J connectivity index is 2.76. The lowest BCUT2D eigenvalue weighted by Crippen LogP contribution is -2.42. The van der Waals surface area contributed by atoms with Gasteiger partial charge in [0.05, 0.1) is 0 Å². The summed E-state index contributed by atoms with van der Waals surface area (Å²) in [6, 6.07) is 4.35. The first-order valence-electron chi connectivity index (χ1n) is 6.40. The first-order valence-corrected chi connectivity index (χ1v) is 6.78. The Morgan fingerprint density at radius 1 is 1.30 bits per heavy atom. The minimum absolute atomic E-state index is 0.344. The van der Waals surface area contributed by atoms with Gasteiger partial charge in [0.25, 0.3) is 5.91 Å². The molecule has 0 unspecified atom stereocenters. The fourth-order valence-electron chi connectivity index (χ4n) is 1.58. The number of hydrogen-bond donors (Lipinski definition) is 1. The molecule has 1 aromatic carbocycles. The molecule has 4 nitrogen and oxygen atoms in total. The first kappa shape index (κ1) is 16.5. The zero-order valence-corrected chi connectivity index (χ0v) is 13.2. The first-order chi connectivity index (χ1) is 9.11. The Morgan fingerprint density at radius 2 is 1.90 bits per heavy atom. The van der Waals surface area contributed by atoms with Crippen molar-refractivity contribution in [1.29, 1.82) is 0 Å². The maximum Gasteiger partial charge on any atom is 0.328 e. The standard InChI is InChI=1S/C15H20ClNO3/c1-9-11(7-6-8-12(9)16)13(18)17-10(2)14(19)20-15(3,4)5/h6-8,10H,1-5H3,(H,17,18)/t10-/m1/s1. The fraction of sp³-hybridized carbons (Fsp3) is 0.467. The summed E-state index contributed by atoms with van der Waals surface area (Å²) in [5.41, 5.74) is 0.554. The molecule has 1 atom stereocenters. The van der Waals surface area contributed by atoms with Crippen LogP contribution in [0.25, 0.3) is 0 Å². The van der Waals surface area contributed by atoms with Crippen molar-refractivity contribution in [3.63, 3.8) is 0 Å². The van der Waals surface area contributed by atoms with Crippen molar-refractivity contribution >= 4 is 23.5 Å². The number of carbonyl (C=O) groups is 2. The van der Waals surface area contributed by atoms with Gasteiger partial charge in [-0.3, -0.25) is 4.79 Å². The van der Waals surface area contributed by atoms with E-state index >= 15 is 0 Å². The molecule has 0 saturated carbocycles. The van der Waals surface area contributed by atoms with Crippen LogP contribution in [-0.2, 0) is 9.53 Å². The molecule has 1 N–H and O–H groups in total. The third-order valence-electron chi connectivity index (χ3n) is 2.62. The molecule has 20 heavy (non-hydrogen) atoms. The number of carbonyl (C=O) groups excluding carboxylic acids is 2. The van der Waals surface area contributed by atoms with Crippen molar-refractivity contribution in [3.8, 4) is 0 Å². The zero-order chi connectivity index (χ0) is 15.5. The second kappa shape index (κ2) is 6.27. The van der Waals surface area contributed by atoms with Gasteiger partial charge in [0.15, 0.2) is 0 Å². The Kier molecular flexibility index (Phi) is 5.17. The summed E-state index contributed by atoms with van der Waals surface area (Å²) < 4.78 is 5.21. The van der Waals surface area contributed by atoms with E-state index in [-0.39, 0.29) is 5.91 Å². The lowest BCUT2D eigenvalue weighted by Gasteiger charge is -2.22. The number of halogens is 1. The van der Waals surface area contributed by atoms with Gasteiger partial charge in [-0.25, -0.2) is 4.79 Å². The number of hydrogen-bond acceptors (Lipinski definition) is 3. The van der Waals surface area contributed by atoms with Crippen LogP contribution in [0, 0.1) is 6.92 Å². The summed E-state index contributed by atoms with van der Waals surface area (Å²) in [6.45, 7) is 8.68. The highest BCUT2D eigenvalue weighted by atomic mass is 35.5. The number of rotatable bonds is 3. The van der Waals surface area contributed by atoms with Crippen LogP contribution in [0.2, 0.25) is 5.02 Å². The van der Waals surface area contributed by atoms with Crippen molar-refractivity contribution in [2.75, 3.05) is 0 Å². The quantitative estimate of drug-likeness (QED) is 0.872. The summed E-state index contributed by atoms with van der Waals surface area (Å²) in [5, 5.41) is 3.13. The van der Waals surface area contributed by atoms with E-state index in [0.29, 0.717) is 16.1 Å². The number of ether oxygens (including phenoxy) is 1. The molecule has 0 saturated heterocycles. The van der Waals surface area contributed by atoms with E-state index in [1.165, 1.54) is 0 Å². The van der Waals surface area contributed by atoms with Crippen molar-refractivity contribution < 1.29 is 14.3 Å². The number of esters is 1. The largest absolute Gasteiger partial charge is 0.458 e. The molecule has 0 aliphatic heterocycles. The van der Waals surface area contributed by atoms with Crippen LogP contribution in [0.3, 0.4) is 0 Å². The number of amides is 1. The summed E-state index contributed by atoms with van der Waals surface area (Å²) in [5.74, 6) is -0.811. The SMILES string of the molecule is Cc1c(Cl)cccc1C(=O)N[C@H](C)C(=O)OC(C)(C)C. The van der Waals surface area contributed by atoms with Gasteiger partial charge in [-0.15, -0.1) is 0 Å². The van der Waals surface area contributed by atoms with Crippen molar-refractivity contribution in [1.82, 2.24) is 5.32 Å². The van der Waals surface area contributed by atoms with E-state index in [2.05, 4.69) is 5.32 Å². The topological polar surface area (TPSA) is 55.4 Å². The van der Waals surface area contributed by atoms with Crippen LogP contribution >= 0.6 is 11.6 Å². The van der Waals surface area contributed by atoms with Gasteiger partial charge >= 0.3 is 5.97 Å². The molecule has 0 aliphatic carbocycles. The highest BCUT2D eigenvalue weighted by molar-refractivity contribution is 6.31. The third-order valence-corrected chi connectivity index (χ3v) is 3.03. The minimum Gasteiger partial charge on any atom is -0.458 e. The Bertz CT molecular complexity index is 520. The molecule has 0 spiro atoms. The number of benzene rings is 1. The van der Waals surface area contributed by atoms with Crippen LogP contribution in [0.4, 0.5) is 0 Å². The predicted molar refractivity (Wildman–Crippen MR) is 79.0 cm³/mol. The van der Waals surface area contributed by atoms with Crippen LogP contribution in [-0.4, -0.2) is 23.5 Å². The number of nitrogens with one attached hydrogen (secondary N) is 1. The highest BCUT2D eigenvalue weighted by Gasteiger charge is 2.23. The lowest BCUT2D eigenvalue weighted by molar-refractivity contribution is -0.156. The highest BCUT2D eigenvalue weighted by Crippen LogP contribution is 2.18. The molecule has 0 bridgehead atoms. The zero-order valence-electron chi connectivity index (χ0n) is 12.4. The minimum atomic E-state index is -0.722. The molecule has 0 aromatic heterocycles. The van der Waals surface area contributed by atoms with E-state index in [1.54, 1.807) is 52.8 Å². The third kappa shape index (κ3) is 4.53. The van der Waals surface area contributed by atoms with Crippen LogP contribution in [0.1, 0.15) is 43.6 Å². The van der Waals surface area contributed by atoms with E-state index < -0.39 is 17.6 Å². The van der Waals surface area contributed by atoms with E-state index in [1.807, 2.05) is 0 Å². The molecule has 110 valence electrons. The molecule has 0 aliphatic rings. The van der Waals surface area contributed by atoms with Gasteiger partial charge in [0.1, 0.15) is 11.6 Å². The summed E-state index contributed by atoms with van der Waals surface area (Å²) in [7, 11) is 0. The smallest absolute Gasteiger partial charge is 0.328 e. The van der Waals surface area contributed by atoms with Gasteiger partial charge in [-0.2, -0.15) is 0 Å². The van der Waals surface area contributed by atoms with Gasteiger partial charge in [-0.1, -0.05) is 17.7 Å². The van der Waals surface area contributed by atoms with E-state index in [9.17, 15) is 9.59 Å². The predicted octanol–water partition coefficient (Wildman–Crippen LogP) is 3.11.